The minimum absolute atomic E-state index is 0.0617. The number of thioether (sulfide) groups is 1. The van der Waals surface area contributed by atoms with Crippen molar-refractivity contribution in [3.8, 4) is 12.3 Å². The number of unbranched alkanes of at least 4 members (excludes halogenated alkanes) is 2. The van der Waals surface area contributed by atoms with E-state index < -0.39 is 0 Å². The number of terminal acetylenes is 1. The Kier molecular flexibility index (Phi) is 8.67. The van der Waals surface area contributed by atoms with Crippen LogP contribution in [0.1, 0.15) is 52.4 Å². The van der Waals surface area contributed by atoms with E-state index in [1.54, 1.807) is 0 Å². The van der Waals surface area contributed by atoms with Crippen LogP contribution >= 0.6 is 11.8 Å². The molecule has 0 radical (unpaired) electrons. The summed E-state index contributed by atoms with van der Waals surface area (Å²) in [5.41, 5.74) is 1.26. The summed E-state index contributed by atoms with van der Waals surface area (Å²) in [5, 5.41) is 0. The Hall–Kier alpha value is -0.870. The highest BCUT2D eigenvalue weighted by atomic mass is 32.2. The maximum absolute atomic E-state index is 5.24. The van der Waals surface area contributed by atoms with Crippen LogP contribution in [-0.2, 0) is 0 Å². The summed E-state index contributed by atoms with van der Waals surface area (Å²) in [6.45, 7) is 16.5. The van der Waals surface area contributed by atoms with Gasteiger partial charge >= 0.3 is 0 Å². The highest BCUT2D eigenvalue weighted by Gasteiger charge is 2.22. The molecule has 0 aromatic carbocycles. The lowest BCUT2D eigenvalue weighted by atomic mass is 9.99. The summed E-state index contributed by atoms with van der Waals surface area (Å²) in [4.78, 5) is 1.23. The quantitative estimate of drug-likeness (QED) is 0.275. The van der Waals surface area contributed by atoms with Crippen molar-refractivity contribution in [2.75, 3.05) is 0 Å². The van der Waals surface area contributed by atoms with Gasteiger partial charge in [0, 0.05) is 11.2 Å². The van der Waals surface area contributed by atoms with E-state index in [2.05, 4.69) is 39.5 Å². The Labute approximate surface area is 118 Å². The molecule has 0 rings (SSSR count). The maximum Gasteiger partial charge on any atom is 0.0353 e. The van der Waals surface area contributed by atoms with Crippen molar-refractivity contribution in [3.05, 3.63) is 36.3 Å². The molecular formula is C17H26S. The molecule has 0 spiro atoms. The fourth-order valence-corrected chi connectivity index (χ4v) is 2.83. The molecule has 0 aliphatic carbocycles. The highest BCUT2D eigenvalue weighted by Crippen LogP contribution is 2.39. The Morgan fingerprint density at radius 1 is 1.28 bits per heavy atom. The van der Waals surface area contributed by atoms with E-state index in [4.69, 9.17) is 6.42 Å². The van der Waals surface area contributed by atoms with Crippen LogP contribution in [0.4, 0.5) is 0 Å². The lowest BCUT2D eigenvalue weighted by molar-refractivity contribution is 0.755. The third-order valence-corrected chi connectivity index (χ3v) is 4.22. The van der Waals surface area contributed by atoms with Gasteiger partial charge in [0.15, 0.2) is 0 Å². The average Bonchev–Trinajstić information content (AvgIpc) is 2.31. The summed E-state index contributed by atoms with van der Waals surface area (Å²) in [6, 6.07) is 0. The van der Waals surface area contributed by atoms with Crippen LogP contribution in [0.3, 0.4) is 0 Å². The fourth-order valence-electron chi connectivity index (χ4n) is 1.61. The summed E-state index contributed by atoms with van der Waals surface area (Å²) < 4.78 is 0.0617. The lowest BCUT2D eigenvalue weighted by Gasteiger charge is -2.27. The van der Waals surface area contributed by atoms with Crippen molar-refractivity contribution in [2.24, 2.45) is 0 Å². The Morgan fingerprint density at radius 2 is 1.94 bits per heavy atom. The Morgan fingerprint density at radius 3 is 2.50 bits per heavy atom. The minimum atomic E-state index is 0.0617. The molecule has 0 atom stereocenters. The second-order valence-electron chi connectivity index (χ2n) is 4.99. The van der Waals surface area contributed by atoms with Gasteiger partial charge in [0.2, 0.25) is 0 Å². The molecule has 0 nitrogen and oxygen atoms in total. The zero-order valence-corrected chi connectivity index (χ0v) is 12.7. The normalized spacial score (nSPS) is 10.7. The topological polar surface area (TPSA) is 0 Å². The van der Waals surface area contributed by atoms with Gasteiger partial charge in [-0.15, -0.1) is 30.7 Å². The van der Waals surface area contributed by atoms with Gasteiger partial charge in [-0.05, 0) is 50.9 Å². The van der Waals surface area contributed by atoms with Crippen LogP contribution in [0.2, 0.25) is 0 Å². The van der Waals surface area contributed by atoms with Gasteiger partial charge in [-0.25, -0.2) is 0 Å². The van der Waals surface area contributed by atoms with Gasteiger partial charge < -0.3 is 0 Å². The Balaban J connectivity index is 4.06. The van der Waals surface area contributed by atoms with Crippen LogP contribution in [0.25, 0.3) is 0 Å². The highest BCUT2D eigenvalue weighted by molar-refractivity contribution is 8.04. The summed E-state index contributed by atoms with van der Waals surface area (Å²) in [6.07, 6.45) is 13.3. The molecular weight excluding hydrogens is 236 g/mol. The zero-order chi connectivity index (χ0) is 14.0. The standard InChI is InChI=1S/C17H26S/c1-7-9-11-12-14-16(4)18-17(5,6)15(3)13-10-8-2/h1,8H,2-4,9-14H2,5-6H3. The van der Waals surface area contributed by atoms with Gasteiger partial charge in [-0.2, -0.15) is 0 Å². The van der Waals surface area contributed by atoms with Crippen LogP contribution in [0.15, 0.2) is 36.3 Å². The van der Waals surface area contributed by atoms with Gasteiger partial charge in [-0.1, -0.05) is 24.8 Å². The largest absolute Gasteiger partial charge is 0.121 e. The predicted molar refractivity (Wildman–Crippen MR) is 86.7 cm³/mol. The molecule has 0 N–H and O–H groups in total. The molecule has 0 saturated carbocycles. The summed E-state index contributed by atoms with van der Waals surface area (Å²) in [5.74, 6) is 2.67. The molecule has 0 amide bonds. The molecule has 1 heteroatoms. The number of hydrogen-bond acceptors (Lipinski definition) is 1. The first kappa shape index (κ1) is 17.1. The Bertz CT molecular complexity index is 328. The second-order valence-corrected chi connectivity index (χ2v) is 6.80. The van der Waals surface area contributed by atoms with Crippen LogP contribution in [0, 0.1) is 12.3 Å². The van der Waals surface area contributed by atoms with Crippen LogP contribution < -0.4 is 0 Å². The van der Waals surface area contributed by atoms with E-state index in [-0.39, 0.29) is 4.75 Å². The van der Waals surface area contributed by atoms with Gasteiger partial charge in [0.1, 0.15) is 0 Å². The van der Waals surface area contributed by atoms with Gasteiger partial charge in [0.05, 0.1) is 0 Å². The molecule has 0 aromatic rings. The third-order valence-electron chi connectivity index (χ3n) is 2.93. The molecule has 0 aliphatic heterocycles. The number of hydrogen-bond donors (Lipinski definition) is 0. The molecule has 0 heterocycles. The molecule has 0 bridgehead atoms. The van der Waals surface area contributed by atoms with Crippen molar-refractivity contribution >= 4 is 11.8 Å². The maximum atomic E-state index is 5.24. The van der Waals surface area contributed by atoms with Crippen molar-refractivity contribution in [2.45, 2.75) is 57.1 Å². The first-order chi connectivity index (χ1) is 8.44. The number of rotatable bonds is 10. The second kappa shape index (κ2) is 9.11. The van der Waals surface area contributed by atoms with E-state index in [0.29, 0.717) is 0 Å². The van der Waals surface area contributed by atoms with E-state index in [0.717, 1.165) is 38.5 Å². The monoisotopic (exact) mass is 262 g/mol. The minimum Gasteiger partial charge on any atom is -0.121 e. The number of allylic oxidation sites excluding steroid dienone is 2. The average molecular weight is 262 g/mol. The van der Waals surface area contributed by atoms with E-state index >= 15 is 0 Å². The molecule has 0 aromatic heterocycles. The van der Waals surface area contributed by atoms with Crippen LogP contribution in [0.5, 0.6) is 0 Å². The summed E-state index contributed by atoms with van der Waals surface area (Å²) in [7, 11) is 0. The molecule has 0 aliphatic rings. The first-order valence-electron chi connectivity index (χ1n) is 6.53. The fraction of sp³-hybridized carbons (Fsp3) is 0.529. The molecule has 0 unspecified atom stereocenters. The lowest BCUT2D eigenvalue weighted by Crippen LogP contribution is -2.17. The SMILES string of the molecule is C#CCCCCC(=C)SC(C)(C)C(=C)CCC=C. The van der Waals surface area contributed by atoms with Crippen molar-refractivity contribution in [3.63, 3.8) is 0 Å². The predicted octanol–water partition coefficient (Wildman–Crippen LogP) is 5.73. The van der Waals surface area contributed by atoms with E-state index in [9.17, 15) is 0 Å². The van der Waals surface area contributed by atoms with E-state index in [1.807, 2.05) is 17.8 Å². The zero-order valence-electron chi connectivity index (χ0n) is 11.9. The van der Waals surface area contributed by atoms with Crippen molar-refractivity contribution in [1.82, 2.24) is 0 Å². The summed E-state index contributed by atoms with van der Waals surface area (Å²) >= 11 is 1.84. The van der Waals surface area contributed by atoms with Gasteiger partial charge in [0.25, 0.3) is 0 Å². The molecule has 0 saturated heterocycles. The molecule has 0 fully saturated rings. The van der Waals surface area contributed by atoms with Crippen molar-refractivity contribution < 1.29 is 0 Å². The molecule has 100 valence electrons. The van der Waals surface area contributed by atoms with Gasteiger partial charge in [-0.3, -0.25) is 0 Å². The smallest absolute Gasteiger partial charge is 0.0353 e. The van der Waals surface area contributed by atoms with E-state index in [1.165, 1.54) is 10.5 Å². The van der Waals surface area contributed by atoms with Crippen LogP contribution in [-0.4, -0.2) is 4.75 Å². The van der Waals surface area contributed by atoms with Crippen molar-refractivity contribution in [1.29, 1.82) is 0 Å². The third kappa shape index (κ3) is 7.45. The molecule has 18 heavy (non-hydrogen) atoms. The first-order valence-corrected chi connectivity index (χ1v) is 7.35.